The van der Waals surface area contributed by atoms with E-state index in [9.17, 15) is 0 Å². The largest absolute Gasteiger partial charge is 1.00 e. The molecule has 0 saturated carbocycles. The molecule has 0 heterocycles. The number of carbonyl (C=O) groups is 4. The molecule has 0 amide bonds. The van der Waals surface area contributed by atoms with E-state index in [2.05, 4.69) is 0 Å². The Bertz CT molecular complexity index is 159. The molecule has 0 aromatic heterocycles. The van der Waals surface area contributed by atoms with Crippen molar-refractivity contribution < 1.29 is 89.6 Å². The van der Waals surface area contributed by atoms with Crippen LogP contribution < -0.4 is 34.7 Å². The van der Waals surface area contributed by atoms with E-state index in [0.29, 0.717) is 0 Å². The van der Waals surface area contributed by atoms with Crippen LogP contribution in [-0.4, -0.2) is 60.4 Å². The van der Waals surface area contributed by atoms with Crippen LogP contribution in [0.3, 0.4) is 0 Å². The first-order valence-electron chi connectivity index (χ1n) is 2.59. The zero-order valence-electron chi connectivity index (χ0n) is 8.17. The van der Waals surface area contributed by atoms with Gasteiger partial charge in [0, 0.05) is 0 Å². The second-order valence-corrected chi connectivity index (χ2v) is 1.11. The average molecular weight is 270 g/mol. The predicted octanol–water partition coefficient (Wildman–Crippen LogP) is -3.44. The maximum absolute atomic E-state index is 8.56. The molecule has 0 atom stereocenters. The molecule has 96 valence electrons. The first-order valence-corrected chi connectivity index (χ1v) is 2.59. The normalized spacial score (nSPS) is 5.65. The van der Waals surface area contributed by atoms with Gasteiger partial charge >= 0.3 is 48.0 Å². The fraction of sp³-hybridized carbons (Fsp3) is 0. The summed E-state index contributed by atoms with van der Waals surface area (Å²) in [5, 5.41) is 57.1. The molecule has 0 aliphatic heterocycles. The van der Waals surface area contributed by atoms with E-state index in [0.717, 1.165) is 0 Å². The average Bonchev–Trinajstić information content (AvgIpc) is 1.76. The van der Waals surface area contributed by atoms with Gasteiger partial charge in [-0.25, -0.2) is 14.4 Å². The maximum Gasteiger partial charge on any atom is 1.00 e. The predicted molar refractivity (Wildman–Crippen MR) is 40.0 cm³/mol. The van der Waals surface area contributed by atoms with Crippen molar-refractivity contribution in [2.75, 3.05) is 0 Å². The van der Waals surface area contributed by atoms with Gasteiger partial charge in [-0.2, -0.15) is 0 Å². The molecule has 7 N–H and O–H groups in total. The van der Waals surface area contributed by atoms with Crippen molar-refractivity contribution in [3.63, 3.8) is 0 Å². The Morgan fingerprint density at radius 2 is 0.588 bits per heavy atom. The quantitative estimate of drug-likeness (QED) is 0.213. The Hall–Kier alpha value is -1.92. The summed E-state index contributed by atoms with van der Waals surface area (Å²) in [7, 11) is 0. The number of hydrogen-bond donors (Lipinski definition) is 7. The maximum atomic E-state index is 8.56. The number of rotatable bonds is 0. The van der Waals surface area contributed by atoms with Crippen LogP contribution in [0.4, 0.5) is 19.2 Å². The van der Waals surface area contributed by atoms with E-state index in [4.69, 9.17) is 60.0 Å². The van der Waals surface area contributed by atoms with E-state index in [-0.39, 0.29) is 29.6 Å². The summed E-state index contributed by atoms with van der Waals surface area (Å²) < 4.78 is 0. The van der Waals surface area contributed by atoms with Crippen molar-refractivity contribution >= 4 is 24.6 Å². The second-order valence-electron chi connectivity index (χ2n) is 1.11. The third-order valence-electron chi connectivity index (χ3n) is 0. The van der Waals surface area contributed by atoms with Gasteiger partial charge in [-0.05, 0) is 0 Å². The standard InChI is InChI=1S/4CH2O3.Na/c4*2-1(3)4;/h4*(H2,2,3,4);/q;;;;+1/p-1. The molecule has 0 spiro atoms. The van der Waals surface area contributed by atoms with Crippen LogP contribution in [0, 0.1) is 0 Å². The van der Waals surface area contributed by atoms with Crippen molar-refractivity contribution in [2.24, 2.45) is 0 Å². The molecule has 0 fully saturated rings. The molecule has 0 aromatic rings. The summed E-state index contributed by atoms with van der Waals surface area (Å²) in [6.07, 6.45) is -7.58. The number of hydrogen-bond acceptors (Lipinski definition) is 5. The Kier molecular flexibility index (Phi) is 41.0. The Morgan fingerprint density at radius 1 is 0.588 bits per heavy atom. The van der Waals surface area contributed by atoms with E-state index in [1.807, 2.05) is 0 Å². The van der Waals surface area contributed by atoms with Crippen molar-refractivity contribution in [2.45, 2.75) is 0 Å². The summed E-state index contributed by atoms with van der Waals surface area (Å²) in [5.74, 6) is 0. The minimum Gasteiger partial charge on any atom is -0.565 e. The summed E-state index contributed by atoms with van der Waals surface area (Å²) in [6.45, 7) is 0. The molecule has 0 aliphatic carbocycles. The molecule has 0 radical (unpaired) electrons. The minimum atomic E-state index is -2.08. The first kappa shape index (κ1) is 29.4. The molecule has 17 heavy (non-hydrogen) atoms. The van der Waals surface area contributed by atoms with Crippen molar-refractivity contribution in [1.82, 2.24) is 0 Å². The van der Waals surface area contributed by atoms with Crippen molar-refractivity contribution in [3.05, 3.63) is 0 Å². The Morgan fingerprint density at radius 3 is 0.588 bits per heavy atom. The number of carboxylic acid groups (broad SMARTS) is 8. The van der Waals surface area contributed by atoms with Crippen LogP contribution in [0.1, 0.15) is 0 Å². The van der Waals surface area contributed by atoms with Crippen molar-refractivity contribution in [1.29, 1.82) is 0 Å². The summed E-state index contributed by atoms with van der Waals surface area (Å²) in [4.78, 5) is 34.1. The third kappa shape index (κ3) is 557. The molecule has 0 aliphatic rings. The van der Waals surface area contributed by atoms with E-state index >= 15 is 0 Å². The van der Waals surface area contributed by atoms with Crippen LogP contribution in [0.25, 0.3) is 0 Å². The van der Waals surface area contributed by atoms with E-state index in [1.54, 1.807) is 0 Å². The molecular weight excluding hydrogens is 263 g/mol. The summed E-state index contributed by atoms with van der Waals surface area (Å²) >= 11 is 0. The smallest absolute Gasteiger partial charge is 0.565 e. The fourth-order valence-corrected chi connectivity index (χ4v) is 0. The fourth-order valence-electron chi connectivity index (χ4n) is 0. The Labute approximate surface area is 114 Å². The molecular formula is C4H7NaO12. The van der Waals surface area contributed by atoms with Gasteiger partial charge in [0.25, 0.3) is 0 Å². The molecule has 0 aromatic carbocycles. The van der Waals surface area contributed by atoms with Crippen LogP contribution in [0.5, 0.6) is 0 Å². The van der Waals surface area contributed by atoms with Gasteiger partial charge in [0.2, 0.25) is 6.16 Å². The first-order chi connectivity index (χ1) is 6.93. The zero-order valence-corrected chi connectivity index (χ0v) is 10.2. The molecule has 0 rings (SSSR count). The van der Waals surface area contributed by atoms with Gasteiger partial charge in [0.05, 0.1) is 0 Å². The van der Waals surface area contributed by atoms with Crippen molar-refractivity contribution in [3.8, 4) is 0 Å². The van der Waals surface area contributed by atoms with E-state index in [1.165, 1.54) is 0 Å². The van der Waals surface area contributed by atoms with Gasteiger partial charge in [0.15, 0.2) is 0 Å². The monoisotopic (exact) mass is 270 g/mol. The molecule has 0 saturated heterocycles. The minimum absolute atomic E-state index is 0. The van der Waals surface area contributed by atoms with Gasteiger partial charge in [-0.1, -0.05) is 0 Å². The van der Waals surface area contributed by atoms with Gasteiger partial charge in [-0.15, -0.1) is 0 Å². The van der Waals surface area contributed by atoms with Crippen LogP contribution in [-0.2, 0) is 0 Å². The third-order valence-corrected chi connectivity index (χ3v) is 0. The second kappa shape index (κ2) is 23.7. The zero-order chi connectivity index (χ0) is 14.3. The molecule has 0 unspecified atom stereocenters. The Balaban J connectivity index is -0.0000000369. The molecule has 12 nitrogen and oxygen atoms in total. The molecule has 0 bridgehead atoms. The van der Waals surface area contributed by atoms with E-state index < -0.39 is 24.6 Å². The molecule has 13 heteroatoms. The summed E-state index contributed by atoms with van der Waals surface area (Å²) in [6, 6.07) is 0. The topological polar surface area (TPSA) is 233 Å². The van der Waals surface area contributed by atoms with Crippen LogP contribution >= 0.6 is 0 Å². The SMILES string of the molecule is O=C(O)O.O=C(O)O.O=C(O)O.O=C([O-])O.[Na+]. The van der Waals surface area contributed by atoms with Crippen LogP contribution in [0.2, 0.25) is 0 Å². The van der Waals surface area contributed by atoms with Gasteiger partial charge < -0.3 is 45.6 Å². The van der Waals surface area contributed by atoms with Crippen LogP contribution in [0.15, 0.2) is 0 Å². The summed E-state index contributed by atoms with van der Waals surface area (Å²) in [5.41, 5.74) is 0. The van der Waals surface area contributed by atoms with Gasteiger partial charge in [0.1, 0.15) is 0 Å². The van der Waals surface area contributed by atoms with Gasteiger partial charge in [-0.3, -0.25) is 0 Å².